The first-order chi connectivity index (χ1) is 7.74. The maximum atomic E-state index is 11.1. The monoisotopic (exact) mass is 263 g/mol. The predicted octanol–water partition coefficient (Wildman–Crippen LogP) is 1.14. The van der Waals surface area contributed by atoms with Gasteiger partial charge in [0.2, 0.25) is 10.0 Å². The Bertz CT molecular complexity index is 359. The second-order valence-electron chi connectivity index (χ2n) is 5.36. The number of hydrogen-bond acceptors (Lipinski definition) is 4. The van der Waals surface area contributed by atoms with Crippen LogP contribution in [0.4, 0.5) is 0 Å². The van der Waals surface area contributed by atoms with Crippen LogP contribution in [0.2, 0.25) is 0 Å². The van der Waals surface area contributed by atoms with Crippen LogP contribution in [0, 0.1) is 10.8 Å². The second kappa shape index (κ2) is 5.30. The number of rotatable bonds is 5. The van der Waals surface area contributed by atoms with E-state index in [0.29, 0.717) is 5.92 Å². The van der Waals surface area contributed by atoms with E-state index in [9.17, 15) is 13.3 Å². The van der Waals surface area contributed by atoms with Gasteiger partial charge < -0.3 is 0 Å². The van der Waals surface area contributed by atoms with Gasteiger partial charge in [-0.1, -0.05) is 0 Å². The fourth-order valence-corrected chi connectivity index (χ4v) is 3.29. The Hall–Kier alpha value is -0.690. The molecule has 0 amide bonds. The quantitative estimate of drug-likeness (QED) is 0.575. The summed E-state index contributed by atoms with van der Waals surface area (Å²) in [5.41, 5.74) is 2.26. The summed E-state index contributed by atoms with van der Waals surface area (Å²) in [7, 11) is -3.12. The van der Waals surface area contributed by atoms with Gasteiger partial charge in [-0.15, -0.1) is 4.91 Å². The molecule has 1 aliphatic carbocycles. The lowest BCUT2D eigenvalue weighted by atomic mass is 9.76. The fourth-order valence-electron chi connectivity index (χ4n) is 2.44. The minimum absolute atomic E-state index is 0.0289. The fraction of sp³-hybridized carbons (Fsp3) is 1.00. The summed E-state index contributed by atoms with van der Waals surface area (Å²) in [5, 5.41) is 2.75. The molecule has 100 valence electrons. The molecule has 0 aromatic carbocycles. The van der Waals surface area contributed by atoms with E-state index < -0.39 is 10.0 Å². The molecule has 1 saturated carbocycles. The van der Waals surface area contributed by atoms with Crippen molar-refractivity contribution in [3.63, 3.8) is 0 Å². The zero-order valence-electron chi connectivity index (χ0n) is 10.6. The van der Waals surface area contributed by atoms with Gasteiger partial charge >= 0.3 is 0 Å². The number of hydrogen-bond donors (Lipinski definition) is 2. The van der Waals surface area contributed by atoms with Gasteiger partial charge in [0.25, 0.3) is 0 Å². The zero-order valence-corrected chi connectivity index (χ0v) is 11.4. The summed E-state index contributed by atoms with van der Waals surface area (Å²) in [6, 6.07) is 0.0289. The Morgan fingerprint density at radius 3 is 2.12 bits per heavy atom. The molecule has 0 saturated heterocycles. The molecule has 17 heavy (non-hydrogen) atoms. The molecule has 0 radical (unpaired) electrons. The van der Waals surface area contributed by atoms with Crippen molar-refractivity contribution in [1.29, 1.82) is 0 Å². The molecule has 0 unspecified atom stereocenters. The maximum absolute atomic E-state index is 11.1. The molecule has 1 fully saturated rings. The van der Waals surface area contributed by atoms with Crippen LogP contribution in [0.25, 0.3) is 0 Å². The van der Waals surface area contributed by atoms with Crippen LogP contribution in [-0.4, -0.2) is 26.3 Å². The molecule has 2 N–H and O–H groups in total. The average molecular weight is 263 g/mol. The number of sulfonamides is 1. The standard InChI is InChI=1S/C10H21N3O3S/c1-10(2,12-13-14)8-4-6-9(7-5-8)11-17(3,15)16/h8-9,11H,4-7H2,1-3H3,(H,12,14). The van der Waals surface area contributed by atoms with Gasteiger partial charge in [0, 0.05) is 6.04 Å². The van der Waals surface area contributed by atoms with Crippen LogP contribution in [0.5, 0.6) is 0 Å². The Kier molecular flexibility index (Phi) is 4.48. The summed E-state index contributed by atoms with van der Waals surface area (Å²) in [6.45, 7) is 3.90. The van der Waals surface area contributed by atoms with E-state index in [4.69, 9.17) is 0 Å². The minimum Gasteiger partial charge on any atom is -0.268 e. The summed E-state index contributed by atoms with van der Waals surface area (Å²) in [5.74, 6) is 0.345. The van der Waals surface area contributed by atoms with Crippen LogP contribution in [0.3, 0.4) is 0 Å². The molecule has 0 aliphatic heterocycles. The van der Waals surface area contributed by atoms with E-state index in [2.05, 4.69) is 15.4 Å². The molecule has 0 atom stereocenters. The minimum atomic E-state index is -3.12. The van der Waals surface area contributed by atoms with E-state index in [1.807, 2.05) is 13.8 Å². The van der Waals surface area contributed by atoms with Crippen molar-refractivity contribution in [1.82, 2.24) is 10.1 Å². The lowest BCUT2D eigenvalue weighted by Crippen LogP contribution is -2.47. The molecular formula is C10H21N3O3S. The molecule has 0 spiro atoms. The van der Waals surface area contributed by atoms with Crippen molar-refractivity contribution in [2.24, 2.45) is 11.2 Å². The van der Waals surface area contributed by atoms with E-state index >= 15 is 0 Å². The third-order valence-corrected chi connectivity index (χ3v) is 4.22. The molecule has 7 heteroatoms. The topological polar surface area (TPSA) is 87.6 Å². The van der Waals surface area contributed by atoms with Crippen molar-refractivity contribution >= 4 is 10.0 Å². The van der Waals surface area contributed by atoms with Crippen LogP contribution in [0.1, 0.15) is 39.5 Å². The first-order valence-electron chi connectivity index (χ1n) is 5.81. The van der Waals surface area contributed by atoms with Crippen LogP contribution in [-0.2, 0) is 10.0 Å². The summed E-state index contributed by atoms with van der Waals surface area (Å²) < 4.78 is 24.8. The van der Waals surface area contributed by atoms with Gasteiger partial charge in [0.05, 0.1) is 17.1 Å². The SMILES string of the molecule is CC(C)(NN=O)C1CCC(NS(C)(=O)=O)CC1. The molecule has 0 bridgehead atoms. The van der Waals surface area contributed by atoms with Crippen molar-refractivity contribution in [2.75, 3.05) is 6.26 Å². The van der Waals surface area contributed by atoms with Gasteiger partial charge in [0.1, 0.15) is 0 Å². The van der Waals surface area contributed by atoms with Gasteiger partial charge in [-0.2, -0.15) is 0 Å². The van der Waals surface area contributed by atoms with Crippen molar-refractivity contribution in [3.05, 3.63) is 4.91 Å². The Labute approximate surface area is 103 Å². The van der Waals surface area contributed by atoms with Crippen LogP contribution in [0.15, 0.2) is 5.29 Å². The average Bonchev–Trinajstić information content (AvgIpc) is 2.15. The van der Waals surface area contributed by atoms with Gasteiger partial charge in [-0.25, -0.2) is 13.1 Å². The lowest BCUT2D eigenvalue weighted by Gasteiger charge is -2.38. The third-order valence-electron chi connectivity index (χ3n) is 3.46. The normalized spacial score (nSPS) is 26.5. The van der Waals surface area contributed by atoms with Crippen LogP contribution < -0.4 is 10.1 Å². The Morgan fingerprint density at radius 1 is 1.18 bits per heavy atom. The van der Waals surface area contributed by atoms with Crippen molar-refractivity contribution in [3.8, 4) is 0 Å². The zero-order chi connectivity index (χ0) is 13.1. The molecule has 0 heterocycles. The highest BCUT2D eigenvalue weighted by Gasteiger charge is 2.33. The van der Waals surface area contributed by atoms with E-state index in [1.165, 1.54) is 6.26 Å². The third kappa shape index (κ3) is 4.59. The van der Waals surface area contributed by atoms with E-state index in [-0.39, 0.29) is 11.6 Å². The Balaban J connectivity index is 2.48. The Morgan fingerprint density at radius 2 is 1.71 bits per heavy atom. The molecule has 0 aromatic rings. The summed E-state index contributed by atoms with van der Waals surface area (Å²) in [6.07, 6.45) is 4.58. The van der Waals surface area contributed by atoms with Crippen LogP contribution >= 0.6 is 0 Å². The first-order valence-corrected chi connectivity index (χ1v) is 7.70. The van der Waals surface area contributed by atoms with Gasteiger partial charge in [-0.3, -0.25) is 5.43 Å². The maximum Gasteiger partial charge on any atom is 0.208 e. The lowest BCUT2D eigenvalue weighted by molar-refractivity contribution is 0.183. The van der Waals surface area contributed by atoms with Gasteiger partial charge in [-0.05, 0) is 45.4 Å². The van der Waals surface area contributed by atoms with E-state index in [1.54, 1.807) is 0 Å². The largest absolute Gasteiger partial charge is 0.268 e. The number of nitroso groups, excluding NO2 is 1. The number of nitrogens with one attached hydrogen (secondary N) is 2. The second-order valence-corrected chi connectivity index (χ2v) is 7.14. The van der Waals surface area contributed by atoms with Crippen molar-refractivity contribution < 1.29 is 8.42 Å². The predicted molar refractivity (Wildman–Crippen MR) is 66.7 cm³/mol. The first kappa shape index (κ1) is 14.4. The molecule has 1 aliphatic rings. The highest BCUT2D eigenvalue weighted by Crippen LogP contribution is 2.32. The molecule has 0 aromatic heterocycles. The molecular weight excluding hydrogens is 242 g/mol. The van der Waals surface area contributed by atoms with Crippen molar-refractivity contribution in [2.45, 2.75) is 51.1 Å². The summed E-state index contributed by atoms with van der Waals surface area (Å²) >= 11 is 0. The highest BCUT2D eigenvalue weighted by atomic mass is 32.2. The molecule has 6 nitrogen and oxygen atoms in total. The molecule has 1 rings (SSSR count). The number of nitrogens with zero attached hydrogens (tertiary/aromatic N) is 1. The summed E-state index contributed by atoms with van der Waals surface area (Å²) in [4.78, 5) is 10.3. The van der Waals surface area contributed by atoms with Gasteiger partial charge in [0.15, 0.2) is 0 Å². The smallest absolute Gasteiger partial charge is 0.208 e. The van der Waals surface area contributed by atoms with E-state index in [0.717, 1.165) is 25.7 Å². The highest BCUT2D eigenvalue weighted by molar-refractivity contribution is 7.88.